The Hall–Kier alpha value is -2.62. The van der Waals surface area contributed by atoms with Gasteiger partial charge in [-0.25, -0.2) is 9.59 Å². The first-order valence-electron chi connectivity index (χ1n) is 12.3. The zero-order chi connectivity index (χ0) is 29.1. The summed E-state index contributed by atoms with van der Waals surface area (Å²) in [5.74, 6) is -2.05. The van der Waals surface area contributed by atoms with Gasteiger partial charge in [-0.2, -0.15) is 0 Å². The average Bonchev–Trinajstić information content (AvgIpc) is 3.19. The molecular formula is C28H24Cl4N2O5S. The lowest BCUT2D eigenvalue weighted by atomic mass is 10.1. The highest BCUT2D eigenvalue weighted by atomic mass is 35.5. The molecule has 0 spiro atoms. The summed E-state index contributed by atoms with van der Waals surface area (Å²) in [5.41, 5.74) is 7.20. The lowest BCUT2D eigenvalue weighted by Gasteiger charge is -2.24. The fourth-order valence-electron chi connectivity index (χ4n) is 4.14. The molecule has 0 fully saturated rings. The molecule has 12 heteroatoms. The van der Waals surface area contributed by atoms with E-state index in [9.17, 15) is 14.4 Å². The second-order valence-electron chi connectivity index (χ2n) is 8.71. The van der Waals surface area contributed by atoms with Gasteiger partial charge in [-0.15, -0.1) is 0 Å². The van der Waals surface area contributed by atoms with E-state index in [1.807, 2.05) is 6.92 Å². The third-order valence-corrected chi connectivity index (χ3v) is 8.45. The van der Waals surface area contributed by atoms with Crippen LogP contribution in [0.25, 0.3) is 11.0 Å². The Morgan fingerprint density at radius 3 is 2.30 bits per heavy atom. The largest absolute Gasteiger partial charge is 0.462 e. The highest BCUT2D eigenvalue weighted by Crippen LogP contribution is 2.42. The molecule has 0 unspecified atom stereocenters. The van der Waals surface area contributed by atoms with Crippen LogP contribution in [0.1, 0.15) is 58.3 Å². The number of unbranched alkanes of at least 4 members (excludes halogenated alkanes) is 1. The fourth-order valence-corrected chi connectivity index (χ4v) is 6.43. The van der Waals surface area contributed by atoms with E-state index >= 15 is 0 Å². The van der Waals surface area contributed by atoms with E-state index in [-0.39, 0.29) is 45.1 Å². The van der Waals surface area contributed by atoms with E-state index in [2.05, 4.69) is 0 Å². The Morgan fingerprint density at radius 1 is 1.00 bits per heavy atom. The molecule has 1 aromatic heterocycles. The lowest BCUT2D eigenvalue weighted by Crippen LogP contribution is -2.42. The van der Waals surface area contributed by atoms with Gasteiger partial charge in [-0.05, 0) is 54.8 Å². The number of nitrogen functional groups attached to an aromatic ring is 1. The van der Waals surface area contributed by atoms with Crippen molar-refractivity contribution in [2.75, 3.05) is 18.9 Å². The minimum Gasteiger partial charge on any atom is -0.462 e. The van der Waals surface area contributed by atoms with Gasteiger partial charge in [-0.1, -0.05) is 83.6 Å². The van der Waals surface area contributed by atoms with Crippen LogP contribution in [0.2, 0.25) is 20.1 Å². The molecule has 1 atom stereocenters. The second kappa shape index (κ2) is 12.9. The summed E-state index contributed by atoms with van der Waals surface area (Å²) in [7, 11) is 0. The maximum atomic E-state index is 14.1. The summed E-state index contributed by atoms with van der Waals surface area (Å²) in [4.78, 5) is 40.9. The summed E-state index contributed by atoms with van der Waals surface area (Å²) in [5, 5.41) is 0.629. The lowest BCUT2D eigenvalue weighted by molar-refractivity contribution is -0.135. The molecule has 0 amide bonds. The molecule has 0 radical (unpaired) electrons. The first kappa shape index (κ1) is 30.3. The monoisotopic (exact) mass is 640 g/mol. The van der Waals surface area contributed by atoms with E-state index in [1.54, 1.807) is 43.3 Å². The average molecular weight is 642 g/mol. The summed E-state index contributed by atoms with van der Waals surface area (Å²) in [6.45, 7) is 3.82. The Kier molecular flexibility index (Phi) is 9.80. The molecular weight excluding hydrogens is 618 g/mol. The van der Waals surface area contributed by atoms with Gasteiger partial charge in [0.05, 0.1) is 24.3 Å². The number of thioether (sulfide) groups is 1. The van der Waals surface area contributed by atoms with Gasteiger partial charge < -0.3 is 15.2 Å². The topological polar surface area (TPSA) is 101 Å². The van der Waals surface area contributed by atoms with Crippen LogP contribution < -0.4 is 16.3 Å². The van der Waals surface area contributed by atoms with Gasteiger partial charge in [0.2, 0.25) is 5.91 Å². The maximum Gasteiger partial charge on any atom is 0.357 e. The predicted octanol–water partition coefficient (Wildman–Crippen LogP) is 6.27. The molecule has 1 aliphatic heterocycles. The molecule has 2 aromatic carbocycles. The summed E-state index contributed by atoms with van der Waals surface area (Å²) >= 11 is 26.0. The predicted molar refractivity (Wildman–Crippen MR) is 161 cm³/mol. The minimum atomic E-state index is -1.02. The van der Waals surface area contributed by atoms with Crippen molar-refractivity contribution >= 4 is 92.7 Å². The molecule has 0 bridgehead atoms. The Labute approximate surface area is 254 Å². The molecule has 210 valence electrons. The number of hydrogen-bond acceptors (Lipinski definition) is 7. The number of nitrogens with two attached hydrogens (primary N) is 1. The molecule has 4 rings (SSSR count). The molecule has 40 heavy (non-hydrogen) atoms. The molecule has 0 saturated heterocycles. The van der Waals surface area contributed by atoms with Crippen LogP contribution in [-0.2, 0) is 14.3 Å². The number of hydrogen-bond donors (Lipinski definition) is 1. The number of nitrogens with zero attached hydrogens (tertiary/aromatic N) is 1. The number of rotatable bonds is 8. The van der Waals surface area contributed by atoms with Gasteiger partial charge in [0.15, 0.2) is 5.69 Å². The molecule has 2 heterocycles. The first-order chi connectivity index (χ1) is 19.1. The number of halogens is 4. The fraction of sp³-hybridized carbons (Fsp3) is 0.250. The van der Waals surface area contributed by atoms with Crippen LogP contribution in [0.5, 0.6) is 0 Å². The van der Waals surface area contributed by atoms with Crippen LogP contribution in [0, 0.1) is 0 Å². The van der Waals surface area contributed by atoms with Crippen molar-refractivity contribution in [3.63, 3.8) is 0 Å². The molecule has 3 aromatic rings. The van der Waals surface area contributed by atoms with Gasteiger partial charge >= 0.3 is 11.9 Å². The van der Waals surface area contributed by atoms with Gasteiger partial charge in [-0.3, -0.25) is 9.36 Å². The summed E-state index contributed by atoms with van der Waals surface area (Å²) < 4.78 is 11.9. The van der Waals surface area contributed by atoms with Gasteiger partial charge in [0.1, 0.15) is 10.2 Å². The van der Waals surface area contributed by atoms with Crippen LogP contribution in [0.15, 0.2) is 36.4 Å². The molecule has 2 N–H and O–H groups in total. The van der Waals surface area contributed by atoms with E-state index in [4.69, 9.17) is 61.6 Å². The van der Waals surface area contributed by atoms with Crippen molar-refractivity contribution in [3.05, 3.63) is 83.9 Å². The van der Waals surface area contributed by atoms with Crippen LogP contribution in [0.4, 0.5) is 5.69 Å². The SMILES string of the molecule is CCCCOC(=O)c1c(N)/c(=C\c2ccc(Cl)cc2Cl)c2n1C(=O)[C@@H](c1ccc(Cl)cc1Cl)SC=2C(=O)OCC. The third kappa shape index (κ3) is 6.02. The zero-order valence-corrected chi connectivity index (χ0v) is 25.3. The molecule has 0 saturated carbocycles. The smallest absolute Gasteiger partial charge is 0.357 e. The summed E-state index contributed by atoms with van der Waals surface area (Å²) in [6.07, 6.45) is 2.99. The van der Waals surface area contributed by atoms with Crippen LogP contribution >= 0.6 is 58.2 Å². The van der Waals surface area contributed by atoms with Crippen molar-refractivity contribution in [2.24, 2.45) is 0 Å². The minimum absolute atomic E-state index is 0.0545. The normalized spacial score (nSPS) is 15.2. The van der Waals surface area contributed by atoms with Crippen molar-refractivity contribution in [2.45, 2.75) is 31.9 Å². The second-order valence-corrected chi connectivity index (χ2v) is 11.5. The number of carbonyl (C=O) groups excluding carboxylic acids is 3. The van der Waals surface area contributed by atoms with Crippen LogP contribution in [0.3, 0.4) is 0 Å². The number of aromatic nitrogens is 1. The number of ether oxygens (including phenoxy) is 2. The third-order valence-electron chi connectivity index (χ3n) is 6.04. The number of benzene rings is 2. The maximum absolute atomic E-state index is 14.1. The quantitative estimate of drug-likeness (QED) is 0.229. The number of esters is 2. The number of anilines is 1. The van der Waals surface area contributed by atoms with E-state index < -0.39 is 23.1 Å². The molecule has 7 nitrogen and oxygen atoms in total. The zero-order valence-electron chi connectivity index (χ0n) is 21.4. The Balaban J connectivity index is 2.08. The van der Waals surface area contributed by atoms with E-state index in [1.165, 1.54) is 6.07 Å². The first-order valence-corrected chi connectivity index (χ1v) is 14.7. The van der Waals surface area contributed by atoms with Crippen molar-refractivity contribution < 1.29 is 23.9 Å². The van der Waals surface area contributed by atoms with Gasteiger partial charge in [0.25, 0.3) is 0 Å². The van der Waals surface area contributed by atoms with Crippen LogP contribution in [-0.4, -0.2) is 35.6 Å². The molecule has 0 aliphatic carbocycles. The highest BCUT2D eigenvalue weighted by Gasteiger charge is 2.39. The molecule has 1 aliphatic rings. The van der Waals surface area contributed by atoms with E-state index in [0.29, 0.717) is 32.6 Å². The highest BCUT2D eigenvalue weighted by molar-refractivity contribution is 8.10. The van der Waals surface area contributed by atoms with Crippen molar-refractivity contribution in [1.29, 1.82) is 0 Å². The number of carbonyl (C=O) groups is 3. The van der Waals surface area contributed by atoms with E-state index in [0.717, 1.165) is 22.7 Å². The number of fused-ring (bicyclic) bond motifs is 1. The Bertz CT molecular complexity index is 1640. The Morgan fingerprint density at radius 2 is 1.68 bits per heavy atom. The van der Waals surface area contributed by atoms with Crippen molar-refractivity contribution in [1.82, 2.24) is 4.57 Å². The van der Waals surface area contributed by atoms with Gasteiger partial charge in [0, 0.05) is 25.3 Å². The summed E-state index contributed by atoms with van der Waals surface area (Å²) in [6, 6.07) is 9.51. The van der Waals surface area contributed by atoms with Crippen molar-refractivity contribution in [3.8, 4) is 0 Å². The standard InChI is InChI=1S/C28H24Cl4N2O5S/c1-3-5-10-39-27(36)23-21(33)18(11-14-6-7-15(29)12-19(14)31)22-25(28(37)38-4-2)40-24(26(35)34(22)23)17-9-8-16(30)13-20(17)32/h6-9,11-13,24H,3-5,10,33H2,1-2H3/b18-11+/t24-/m1/s1.